The van der Waals surface area contributed by atoms with Gasteiger partial charge in [0.15, 0.2) is 0 Å². The van der Waals surface area contributed by atoms with E-state index in [0.717, 1.165) is 11.8 Å². The van der Waals surface area contributed by atoms with Gasteiger partial charge in [0.1, 0.15) is 0 Å². The Balaban J connectivity index is 0.000000374. The van der Waals surface area contributed by atoms with Crippen LogP contribution in [0.25, 0.3) is 10.8 Å². The van der Waals surface area contributed by atoms with Gasteiger partial charge < -0.3 is 0 Å². The van der Waals surface area contributed by atoms with Crippen molar-refractivity contribution in [2.75, 3.05) is 0 Å². The van der Waals surface area contributed by atoms with Crippen molar-refractivity contribution in [3.63, 3.8) is 0 Å². The zero-order valence-electron chi connectivity index (χ0n) is 24.7. The molecule has 220 valence electrons. The van der Waals surface area contributed by atoms with Crippen molar-refractivity contribution in [3.8, 4) is 0 Å². The first-order valence-corrected chi connectivity index (χ1v) is 18.0. The number of rotatable bonds is 6. The second-order valence-electron chi connectivity index (χ2n) is 11.4. The Morgan fingerprint density at radius 3 is 1.00 bits per heavy atom. The molecule has 0 saturated heterocycles. The monoisotopic (exact) mass is 785 g/mol. The number of hydrogen-bond donors (Lipinski definition) is 0. The largest absolute Gasteiger partial charge is 0.0851 e. The van der Waals surface area contributed by atoms with E-state index in [2.05, 4.69) is 170 Å². The molecule has 2 atom stereocenters. The molecule has 0 heterocycles. The van der Waals surface area contributed by atoms with Gasteiger partial charge in [-0.3, -0.25) is 0 Å². The number of allylic oxidation sites excluding steroid dienone is 2. The molecule has 44 heavy (non-hydrogen) atoms. The van der Waals surface area contributed by atoms with Gasteiger partial charge in [-0.1, -0.05) is 170 Å². The molecule has 1 fully saturated rings. The van der Waals surface area contributed by atoms with E-state index in [1.807, 2.05) is 0 Å². The second-order valence-corrected chi connectivity index (χ2v) is 15.8. The van der Waals surface area contributed by atoms with Crippen LogP contribution in [0, 0.1) is 11.8 Å². The fraction of sp³-hybridized carbons (Fsp3) is 0.122. The third kappa shape index (κ3) is 6.75. The minimum Gasteiger partial charge on any atom is -0.0851 e. The van der Waals surface area contributed by atoms with Crippen LogP contribution in [0.5, 0.6) is 0 Å². The van der Waals surface area contributed by atoms with E-state index in [9.17, 15) is 0 Å². The second kappa shape index (κ2) is 14.8. The maximum Gasteiger partial charge on any atom is 0 e. The molecule has 0 amide bonds. The van der Waals surface area contributed by atoms with Crippen LogP contribution >= 0.6 is 15.8 Å². The standard InChI is InChI=1S/C34H26P2.C7H10.Pt/c1-5-17-28(18-6-1)35(29-19-7-2-8-20-29)32-25-13-15-27-16-14-26-33(34(27)32)36(30-21-9-3-10-22-30)31-23-11-4-12-24-31;1-2-7-4-3-6(1)5-7;/h1-26H;1-2,6-7H,3-5H2;/t;6-,7+;. The topological polar surface area (TPSA) is 0 Å². The predicted molar refractivity (Wildman–Crippen MR) is 191 cm³/mol. The molecule has 8 rings (SSSR count). The summed E-state index contributed by atoms with van der Waals surface area (Å²) in [7, 11) is -1.43. The minimum atomic E-state index is -0.714. The molecule has 2 aliphatic carbocycles. The van der Waals surface area contributed by atoms with Crippen LogP contribution in [0.1, 0.15) is 19.3 Å². The molecule has 2 aliphatic rings. The Bertz CT molecular complexity index is 1600. The van der Waals surface area contributed by atoms with E-state index >= 15 is 0 Å². The molecule has 6 aromatic carbocycles. The van der Waals surface area contributed by atoms with Gasteiger partial charge in [0.05, 0.1) is 0 Å². The Labute approximate surface area is 279 Å². The van der Waals surface area contributed by atoms with Crippen molar-refractivity contribution in [3.05, 3.63) is 170 Å². The van der Waals surface area contributed by atoms with Crippen molar-refractivity contribution < 1.29 is 21.1 Å². The normalized spacial score (nSPS) is 16.5. The van der Waals surface area contributed by atoms with Crippen LogP contribution < -0.4 is 31.8 Å². The van der Waals surface area contributed by atoms with Crippen LogP contribution in [-0.2, 0) is 21.1 Å². The maximum absolute atomic E-state index is 2.38. The fourth-order valence-electron chi connectivity index (χ4n) is 6.55. The summed E-state index contributed by atoms with van der Waals surface area (Å²) in [5.41, 5.74) is 0. The molecule has 0 N–H and O–H groups in total. The minimum absolute atomic E-state index is 0. The molecule has 0 radical (unpaired) electrons. The van der Waals surface area contributed by atoms with Gasteiger partial charge >= 0.3 is 0 Å². The van der Waals surface area contributed by atoms with Gasteiger partial charge in [0.25, 0.3) is 0 Å². The van der Waals surface area contributed by atoms with Crippen LogP contribution in [-0.4, -0.2) is 0 Å². The smallest absolute Gasteiger partial charge is 0 e. The van der Waals surface area contributed by atoms with Gasteiger partial charge in [-0.05, 0) is 89.5 Å². The Hall–Kier alpha value is -3.13. The summed E-state index contributed by atoms with van der Waals surface area (Å²) < 4.78 is 0. The predicted octanol–water partition coefficient (Wildman–Crippen LogP) is 8.33. The first kappa shape index (κ1) is 30.9. The van der Waals surface area contributed by atoms with E-state index in [1.165, 1.54) is 61.9 Å². The number of hydrogen-bond acceptors (Lipinski definition) is 0. The molecule has 3 heteroatoms. The Morgan fingerprint density at radius 2 is 0.727 bits per heavy atom. The Kier molecular flexibility index (Phi) is 10.4. The Morgan fingerprint density at radius 1 is 0.386 bits per heavy atom. The molecular formula is C41H36P2Pt. The first-order valence-electron chi connectivity index (χ1n) is 15.4. The average Bonchev–Trinajstić information content (AvgIpc) is 3.75. The molecule has 0 nitrogen and oxygen atoms in total. The molecule has 2 bridgehead atoms. The molecule has 0 aliphatic heterocycles. The summed E-state index contributed by atoms with van der Waals surface area (Å²) in [6.07, 6.45) is 9.19. The zero-order chi connectivity index (χ0) is 28.8. The summed E-state index contributed by atoms with van der Waals surface area (Å²) in [6, 6.07) is 57.8. The zero-order valence-corrected chi connectivity index (χ0v) is 28.7. The fourth-order valence-corrected chi connectivity index (χ4v) is 11.6. The van der Waals surface area contributed by atoms with Gasteiger partial charge in [-0.2, -0.15) is 0 Å². The SMILES string of the molecule is C1=C[C@H]2CC[C@@H]1C2.[Pt].c1ccc(P(c2ccccc2)c2cccc3cccc(P(c4ccccc4)c4ccccc4)c23)cc1. The summed E-state index contributed by atoms with van der Waals surface area (Å²) in [5.74, 6) is 1.98. The summed E-state index contributed by atoms with van der Waals surface area (Å²) in [6.45, 7) is 0. The first-order chi connectivity index (χ1) is 21.3. The van der Waals surface area contributed by atoms with Crippen molar-refractivity contribution >= 4 is 58.4 Å². The molecular weight excluding hydrogens is 749 g/mol. The molecule has 1 saturated carbocycles. The molecule has 6 aromatic rings. The molecule has 0 aromatic heterocycles. The van der Waals surface area contributed by atoms with E-state index in [1.54, 1.807) is 0 Å². The summed E-state index contributed by atoms with van der Waals surface area (Å²) in [5, 5.41) is 11.1. The van der Waals surface area contributed by atoms with Gasteiger partial charge in [-0.15, -0.1) is 0 Å². The van der Waals surface area contributed by atoms with E-state index in [0.29, 0.717) is 0 Å². The van der Waals surface area contributed by atoms with Crippen LogP contribution in [0.2, 0.25) is 0 Å². The van der Waals surface area contributed by atoms with E-state index < -0.39 is 15.8 Å². The summed E-state index contributed by atoms with van der Waals surface area (Å²) in [4.78, 5) is 0. The quantitative estimate of drug-likeness (QED) is 0.118. The van der Waals surface area contributed by atoms with Gasteiger partial charge in [-0.25, -0.2) is 0 Å². The summed E-state index contributed by atoms with van der Waals surface area (Å²) >= 11 is 0. The van der Waals surface area contributed by atoms with Crippen molar-refractivity contribution in [2.24, 2.45) is 11.8 Å². The van der Waals surface area contributed by atoms with Gasteiger partial charge in [0.2, 0.25) is 0 Å². The van der Waals surface area contributed by atoms with E-state index in [-0.39, 0.29) is 21.1 Å². The third-order valence-corrected chi connectivity index (χ3v) is 13.5. The van der Waals surface area contributed by atoms with Crippen LogP contribution in [0.15, 0.2) is 170 Å². The third-order valence-electron chi connectivity index (χ3n) is 8.57. The van der Waals surface area contributed by atoms with Crippen molar-refractivity contribution in [1.29, 1.82) is 0 Å². The average molecular weight is 786 g/mol. The van der Waals surface area contributed by atoms with Crippen molar-refractivity contribution in [1.82, 2.24) is 0 Å². The van der Waals surface area contributed by atoms with Crippen LogP contribution in [0.4, 0.5) is 0 Å². The maximum atomic E-state index is 2.38. The number of fused-ring (bicyclic) bond motifs is 3. The molecule has 0 spiro atoms. The molecule has 0 unspecified atom stereocenters. The van der Waals surface area contributed by atoms with Crippen LogP contribution in [0.3, 0.4) is 0 Å². The van der Waals surface area contributed by atoms with Crippen molar-refractivity contribution in [2.45, 2.75) is 19.3 Å². The number of benzene rings is 6. The van der Waals surface area contributed by atoms with Gasteiger partial charge in [0, 0.05) is 21.1 Å². The van der Waals surface area contributed by atoms with E-state index in [4.69, 9.17) is 0 Å².